The van der Waals surface area contributed by atoms with E-state index < -0.39 is 5.91 Å². The minimum absolute atomic E-state index is 0.0904. The molecule has 3 rings (SSSR count). The first-order valence-electron chi connectivity index (χ1n) is 7.40. The second-order valence-corrected chi connectivity index (χ2v) is 6.38. The van der Waals surface area contributed by atoms with E-state index in [1.54, 1.807) is 11.3 Å². The van der Waals surface area contributed by atoms with Gasteiger partial charge in [-0.25, -0.2) is 0 Å². The fourth-order valence-electron chi connectivity index (χ4n) is 2.33. The van der Waals surface area contributed by atoms with Gasteiger partial charge in [0.25, 0.3) is 5.91 Å². The monoisotopic (exact) mass is 340 g/mol. The lowest BCUT2D eigenvalue weighted by Gasteiger charge is -2.03. The van der Waals surface area contributed by atoms with Gasteiger partial charge in [-0.1, -0.05) is 30.3 Å². The van der Waals surface area contributed by atoms with Crippen LogP contribution in [-0.2, 0) is 17.8 Å². The number of carbonyl (C=O) groups excluding carboxylic acids is 2. The van der Waals surface area contributed by atoms with Crippen molar-refractivity contribution >= 4 is 23.2 Å². The molecule has 5 nitrogen and oxygen atoms in total. The van der Waals surface area contributed by atoms with Crippen LogP contribution < -0.4 is 11.1 Å². The van der Waals surface area contributed by atoms with E-state index in [1.165, 1.54) is 12.3 Å². The van der Waals surface area contributed by atoms with Crippen molar-refractivity contribution in [1.29, 1.82) is 0 Å². The summed E-state index contributed by atoms with van der Waals surface area (Å²) in [6, 6.07) is 15.6. The summed E-state index contributed by atoms with van der Waals surface area (Å²) in [6.45, 7) is 0.414. The van der Waals surface area contributed by atoms with Gasteiger partial charge >= 0.3 is 0 Å². The molecule has 0 saturated heterocycles. The van der Waals surface area contributed by atoms with Crippen molar-refractivity contribution in [2.75, 3.05) is 0 Å². The number of amides is 2. The van der Waals surface area contributed by atoms with E-state index in [4.69, 9.17) is 10.2 Å². The first-order chi connectivity index (χ1) is 11.6. The summed E-state index contributed by atoms with van der Waals surface area (Å²) in [4.78, 5) is 25.4. The van der Waals surface area contributed by atoms with Crippen molar-refractivity contribution in [2.24, 2.45) is 5.73 Å². The number of carbonyl (C=O) groups is 2. The fourth-order valence-corrected chi connectivity index (χ4v) is 3.28. The lowest BCUT2D eigenvalue weighted by atomic mass is 10.2. The summed E-state index contributed by atoms with van der Waals surface area (Å²) >= 11 is 1.63. The third-order valence-corrected chi connectivity index (χ3v) is 4.60. The average molecular weight is 340 g/mol. The van der Waals surface area contributed by atoms with Crippen LogP contribution in [0.3, 0.4) is 0 Å². The van der Waals surface area contributed by atoms with Gasteiger partial charge in [-0.2, -0.15) is 0 Å². The molecule has 2 heterocycles. The number of nitrogens with two attached hydrogens (primary N) is 1. The van der Waals surface area contributed by atoms with Crippen molar-refractivity contribution in [3.63, 3.8) is 0 Å². The van der Waals surface area contributed by atoms with Crippen LogP contribution in [0.2, 0.25) is 0 Å². The zero-order valence-corrected chi connectivity index (χ0v) is 13.6. The van der Waals surface area contributed by atoms with Crippen molar-refractivity contribution in [3.05, 3.63) is 71.0 Å². The van der Waals surface area contributed by atoms with Gasteiger partial charge in [0.15, 0.2) is 0 Å². The Morgan fingerprint density at radius 3 is 2.62 bits per heavy atom. The van der Waals surface area contributed by atoms with Crippen molar-refractivity contribution in [1.82, 2.24) is 5.32 Å². The zero-order valence-electron chi connectivity index (χ0n) is 12.8. The van der Waals surface area contributed by atoms with Gasteiger partial charge in [0.05, 0.1) is 24.8 Å². The van der Waals surface area contributed by atoms with E-state index in [-0.39, 0.29) is 18.1 Å². The lowest BCUT2D eigenvalue weighted by molar-refractivity contribution is -0.117. The normalized spacial score (nSPS) is 10.5. The van der Waals surface area contributed by atoms with E-state index >= 15 is 0 Å². The number of thiophene rings is 1. The molecule has 0 bridgehead atoms. The van der Waals surface area contributed by atoms with Gasteiger partial charge < -0.3 is 15.5 Å². The molecule has 0 aliphatic heterocycles. The SMILES string of the molecule is NC(=O)Cc1occc1C(=O)NCc1ccc(-c2ccccc2)s1. The van der Waals surface area contributed by atoms with Crippen LogP contribution in [0.5, 0.6) is 0 Å². The number of hydrogen-bond acceptors (Lipinski definition) is 4. The molecule has 0 unspecified atom stereocenters. The summed E-state index contributed by atoms with van der Waals surface area (Å²) < 4.78 is 5.15. The highest BCUT2D eigenvalue weighted by Crippen LogP contribution is 2.27. The van der Waals surface area contributed by atoms with Gasteiger partial charge in [0.1, 0.15) is 5.76 Å². The predicted molar refractivity (Wildman–Crippen MR) is 92.5 cm³/mol. The maximum absolute atomic E-state index is 12.2. The number of benzene rings is 1. The molecule has 2 aromatic heterocycles. The Bertz CT molecular complexity index is 852. The molecule has 24 heavy (non-hydrogen) atoms. The Morgan fingerprint density at radius 2 is 1.88 bits per heavy atom. The van der Waals surface area contributed by atoms with Gasteiger partial charge in [-0.15, -0.1) is 11.3 Å². The van der Waals surface area contributed by atoms with E-state index in [1.807, 2.05) is 30.3 Å². The number of nitrogens with one attached hydrogen (secondary N) is 1. The van der Waals surface area contributed by atoms with Gasteiger partial charge in [0.2, 0.25) is 5.91 Å². The smallest absolute Gasteiger partial charge is 0.255 e. The predicted octanol–water partition coefficient (Wildman–Crippen LogP) is 2.97. The van der Waals surface area contributed by atoms with Gasteiger partial charge in [-0.05, 0) is 23.8 Å². The molecule has 0 fully saturated rings. The maximum Gasteiger partial charge on any atom is 0.255 e. The molecular weight excluding hydrogens is 324 g/mol. The molecule has 3 aromatic rings. The van der Waals surface area contributed by atoms with Crippen molar-refractivity contribution in [2.45, 2.75) is 13.0 Å². The molecule has 0 radical (unpaired) electrons. The second kappa shape index (κ2) is 7.14. The summed E-state index contributed by atoms with van der Waals surface area (Å²) in [5.74, 6) is -0.532. The van der Waals surface area contributed by atoms with E-state index in [9.17, 15) is 9.59 Å². The quantitative estimate of drug-likeness (QED) is 0.723. The summed E-state index contributed by atoms with van der Waals surface area (Å²) in [5, 5.41) is 2.84. The fraction of sp³-hybridized carbons (Fsp3) is 0.111. The number of primary amides is 1. The number of hydrogen-bond donors (Lipinski definition) is 2. The van der Waals surface area contributed by atoms with E-state index in [0.29, 0.717) is 12.1 Å². The average Bonchev–Trinajstić information content (AvgIpc) is 3.22. The second-order valence-electron chi connectivity index (χ2n) is 5.22. The molecule has 0 aliphatic rings. The van der Waals surface area contributed by atoms with E-state index in [2.05, 4.69) is 17.4 Å². The van der Waals surface area contributed by atoms with Gasteiger partial charge in [0, 0.05) is 9.75 Å². The van der Waals surface area contributed by atoms with Crippen LogP contribution in [0.15, 0.2) is 59.2 Å². The first-order valence-corrected chi connectivity index (χ1v) is 8.22. The van der Waals surface area contributed by atoms with Crippen molar-refractivity contribution < 1.29 is 14.0 Å². The highest BCUT2D eigenvalue weighted by Gasteiger charge is 2.16. The topological polar surface area (TPSA) is 85.3 Å². The molecule has 6 heteroatoms. The highest BCUT2D eigenvalue weighted by atomic mass is 32.1. The Hall–Kier alpha value is -2.86. The molecular formula is C18H16N2O3S. The van der Waals surface area contributed by atoms with Gasteiger partial charge in [-0.3, -0.25) is 9.59 Å². The minimum Gasteiger partial charge on any atom is -0.468 e. The first kappa shape index (κ1) is 16.0. The van der Waals surface area contributed by atoms with Crippen LogP contribution in [0.1, 0.15) is 21.0 Å². The standard InChI is InChI=1S/C18H16N2O3S/c19-17(21)10-15-14(8-9-23-15)18(22)20-11-13-6-7-16(24-13)12-4-2-1-3-5-12/h1-9H,10-11H2,(H2,19,21)(H,20,22). The Morgan fingerprint density at radius 1 is 1.08 bits per heavy atom. The molecule has 0 saturated carbocycles. The zero-order chi connectivity index (χ0) is 16.9. The van der Waals surface area contributed by atoms with Crippen LogP contribution in [0.4, 0.5) is 0 Å². The summed E-state index contributed by atoms with van der Waals surface area (Å²) in [5.41, 5.74) is 6.64. The maximum atomic E-state index is 12.2. The third-order valence-electron chi connectivity index (χ3n) is 3.47. The van der Waals surface area contributed by atoms with Crippen molar-refractivity contribution in [3.8, 4) is 10.4 Å². The molecule has 2 amide bonds. The molecule has 122 valence electrons. The Kier molecular flexibility index (Phi) is 4.77. The summed E-state index contributed by atoms with van der Waals surface area (Å²) in [6.07, 6.45) is 1.29. The Labute approximate surface area is 143 Å². The molecule has 0 aliphatic carbocycles. The summed E-state index contributed by atoms with van der Waals surface area (Å²) in [7, 11) is 0. The molecule has 0 spiro atoms. The van der Waals surface area contributed by atoms with E-state index in [0.717, 1.165) is 15.3 Å². The van der Waals surface area contributed by atoms with Crippen LogP contribution in [0, 0.1) is 0 Å². The third kappa shape index (κ3) is 3.72. The van der Waals surface area contributed by atoms with Crippen LogP contribution in [-0.4, -0.2) is 11.8 Å². The Balaban J connectivity index is 1.64. The molecule has 1 aromatic carbocycles. The largest absolute Gasteiger partial charge is 0.468 e. The number of furan rings is 1. The van der Waals surface area contributed by atoms with Crippen LogP contribution in [0.25, 0.3) is 10.4 Å². The van der Waals surface area contributed by atoms with Crippen LogP contribution >= 0.6 is 11.3 Å². The highest BCUT2D eigenvalue weighted by molar-refractivity contribution is 7.15. The molecule has 3 N–H and O–H groups in total. The lowest BCUT2D eigenvalue weighted by Crippen LogP contribution is -2.24. The molecule has 0 atom stereocenters. The number of rotatable bonds is 6. The minimum atomic E-state index is -0.537.